The van der Waals surface area contributed by atoms with E-state index in [1.165, 1.54) is 24.8 Å². The van der Waals surface area contributed by atoms with Gasteiger partial charge in [0.25, 0.3) is 0 Å². The minimum absolute atomic E-state index is 0.451. The minimum atomic E-state index is 0.451. The van der Waals surface area contributed by atoms with Gasteiger partial charge in [0.05, 0.1) is 19.8 Å². The summed E-state index contributed by atoms with van der Waals surface area (Å²) in [6.07, 6.45) is 4.31. The molecule has 1 aliphatic carbocycles. The third-order valence-electron chi connectivity index (χ3n) is 3.98. The SMILES string of the molecule is COc1ccc(CO[C@H]2CCCC2C(C)C)cc1. The normalized spacial score (nSPS) is 23.6. The molecule has 0 heterocycles. The van der Waals surface area contributed by atoms with Crippen molar-refractivity contribution in [3.63, 3.8) is 0 Å². The third-order valence-corrected chi connectivity index (χ3v) is 3.98. The van der Waals surface area contributed by atoms with Crippen LogP contribution in [0.5, 0.6) is 5.75 Å². The summed E-state index contributed by atoms with van der Waals surface area (Å²) in [5.74, 6) is 2.37. The number of methoxy groups -OCH3 is 1. The highest BCUT2D eigenvalue weighted by molar-refractivity contribution is 5.26. The first-order chi connectivity index (χ1) is 8.70. The number of benzene rings is 1. The summed E-state index contributed by atoms with van der Waals surface area (Å²) in [4.78, 5) is 0. The molecule has 2 nitrogen and oxygen atoms in total. The average molecular weight is 248 g/mol. The monoisotopic (exact) mass is 248 g/mol. The fourth-order valence-corrected chi connectivity index (χ4v) is 2.85. The Morgan fingerprint density at radius 1 is 1.17 bits per heavy atom. The largest absolute Gasteiger partial charge is 0.497 e. The van der Waals surface area contributed by atoms with Crippen LogP contribution in [0, 0.1) is 11.8 Å². The van der Waals surface area contributed by atoms with Gasteiger partial charge in [0.1, 0.15) is 5.75 Å². The van der Waals surface area contributed by atoms with Crippen LogP contribution in [0.4, 0.5) is 0 Å². The molecule has 1 unspecified atom stereocenters. The number of ether oxygens (including phenoxy) is 2. The Bertz CT molecular complexity index is 356. The maximum Gasteiger partial charge on any atom is 0.118 e. The molecule has 0 saturated heterocycles. The highest BCUT2D eigenvalue weighted by Gasteiger charge is 2.30. The second-order valence-electron chi connectivity index (χ2n) is 5.54. The Balaban J connectivity index is 1.86. The van der Waals surface area contributed by atoms with E-state index in [0.29, 0.717) is 6.10 Å². The quantitative estimate of drug-likeness (QED) is 0.783. The van der Waals surface area contributed by atoms with Gasteiger partial charge in [-0.1, -0.05) is 32.4 Å². The molecule has 0 aliphatic heterocycles. The molecular formula is C16H24O2. The lowest BCUT2D eigenvalue weighted by molar-refractivity contribution is 0.00354. The van der Waals surface area contributed by atoms with Gasteiger partial charge in [-0.05, 0) is 42.4 Å². The van der Waals surface area contributed by atoms with Crippen molar-refractivity contribution >= 4 is 0 Å². The Labute approximate surface area is 110 Å². The van der Waals surface area contributed by atoms with E-state index in [2.05, 4.69) is 26.0 Å². The highest BCUT2D eigenvalue weighted by atomic mass is 16.5. The molecule has 100 valence electrons. The van der Waals surface area contributed by atoms with E-state index >= 15 is 0 Å². The first-order valence-corrected chi connectivity index (χ1v) is 6.95. The van der Waals surface area contributed by atoms with E-state index < -0.39 is 0 Å². The molecule has 1 aromatic carbocycles. The summed E-state index contributed by atoms with van der Waals surface area (Å²) in [7, 11) is 1.69. The molecule has 2 rings (SSSR count). The van der Waals surface area contributed by atoms with Gasteiger partial charge in [-0.3, -0.25) is 0 Å². The summed E-state index contributed by atoms with van der Waals surface area (Å²) in [6, 6.07) is 8.15. The maximum atomic E-state index is 6.10. The second kappa shape index (κ2) is 6.24. The van der Waals surface area contributed by atoms with E-state index in [9.17, 15) is 0 Å². The van der Waals surface area contributed by atoms with E-state index in [1.807, 2.05) is 12.1 Å². The van der Waals surface area contributed by atoms with Gasteiger partial charge in [-0.2, -0.15) is 0 Å². The predicted octanol–water partition coefficient (Wildman–Crippen LogP) is 4.04. The lowest BCUT2D eigenvalue weighted by Crippen LogP contribution is -2.22. The van der Waals surface area contributed by atoms with Crippen LogP contribution in [0.1, 0.15) is 38.7 Å². The number of hydrogen-bond donors (Lipinski definition) is 0. The van der Waals surface area contributed by atoms with Crippen LogP contribution in [-0.4, -0.2) is 13.2 Å². The van der Waals surface area contributed by atoms with E-state index in [-0.39, 0.29) is 0 Å². The van der Waals surface area contributed by atoms with Crippen LogP contribution in [0.25, 0.3) is 0 Å². The van der Waals surface area contributed by atoms with Crippen LogP contribution in [0.15, 0.2) is 24.3 Å². The lowest BCUT2D eigenvalue weighted by Gasteiger charge is -2.23. The molecular weight excluding hydrogens is 224 g/mol. The lowest BCUT2D eigenvalue weighted by atomic mass is 9.92. The molecule has 0 amide bonds. The summed E-state index contributed by atoms with van der Waals surface area (Å²) in [5, 5.41) is 0. The van der Waals surface area contributed by atoms with Crippen molar-refractivity contribution in [3.05, 3.63) is 29.8 Å². The van der Waals surface area contributed by atoms with E-state index in [4.69, 9.17) is 9.47 Å². The highest BCUT2D eigenvalue weighted by Crippen LogP contribution is 2.34. The van der Waals surface area contributed by atoms with Gasteiger partial charge in [-0.15, -0.1) is 0 Å². The third kappa shape index (κ3) is 3.26. The van der Waals surface area contributed by atoms with Crippen LogP contribution in [-0.2, 0) is 11.3 Å². The zero-order valence-electron chi connectivity index (χ0n) is 11.7. The molecule has 0 radical (unpaired) electrons. The second-order valence-corrected chi connectivity index (χ2v) is 5.54. The topological polar surface area (TPSA) is 18.5 Å². The van der Waals surface area contributed by atoms with Gasteiger partial charge in [-0.25, -0.2) is 0 Å². The summed E-state index contributed by atoms with van der Waals surface area (Å²) < 4.78 is 11.3. The van der Waals surface area contributed by atoms with Crippen molar-refractivity contribution in [2.24, 2.45) is 11.8 Å². The summed E-state index contributed by atoms with van der Waals surface area (Å²) in [6.45, 7) is 5.33. The summed E-state index contributed by atoms with van der Waals surface area (Å²) >= 11 is 0. The Morgan fingerprint density at radius 2 is 1.89 bits per heavy atom. The first-order valence-electron chi connectivity index (χ1n) is 6.95. The molecule has 1 aliphatic rings. The zero-order chi connectivity index (χ0) is 13.0. The van der Waals surface area contributed by atoms with Gasteiger partial charge in [0, 0.05) is 0 Å². The van der Waals surface area contributed by atoms with Crippen LogP contribution < -0.4 is 4.74 Å². The molecule has 1 fully saturated rings. The molecule has 0 aromatic heterocycles. The fraction of sp³-hybridized carbons (Fsp3) is 0.625. The Morgan fingerprint density at radius 3 is 2.50 bits per heavy atom. The van der Waals surface area contributed by atoms with E-state index in [0.717, 1.165) is 24.2 Å². The van der Waals surface area contributed by atoms with Gasteiger partial charge >= 0.3 is 0 Å². The van der Waals surface area contributed by atoms with Crippen molar-refractivity contribution in [2.45, 2.75) is 45.8 Å². The molecule has 0 bridgehead atoms. The van der Waals surface area contributed by atoms with Gasteiger partial charge in [0.15, 0.2) is 0 Å². The number of rotatable bonds is 5. The van der Waals surface area contributed by atoms with E-state index in [1.54, 1.807) is 7.11 Å². The zero-order valence-corrected chi connectivity index (χ0v) is 11.7. The van der Waals surface area contributed by atoms with Crippen molar-refractivity contribution in [2.75, 3.05) is 7.11 Å². The molecule has 1 saturated carbocycles. The fourth-order valence-electron chi connectivity index (χ4n) is 2.85. The van der Waals surface area contributed by atoms with Crippen molar-refractivity contribution in [3.8, 4) is 5.75 Å². The van der Waals surface area contributed by atoms with Crippen LogP contribution >= 0.6 is 0 Å². The molecule has 1 aromatic rings. The predicted molar refractivity (Wildman–Crippen MR) is 73.8 cm³/mol. The standard InChI is InChI=1S/C16H24O2/c1-12(2)15-5-4-6-16(15)18-11-13-7-9-14(17-3)10-8-13/h7-10,12,15-16H,4-6,11H2,1-3H3/t15?,16-/m0/s1. The van der Waals surface area contributed by atoms with Crippen molar-refractivity contribution in [1.29, 1.82) is 0 Å². The average Bonchev–Trinajstić information content (AvgIpc) is 2.85. The maximum absolute atomic E-state index is 6.10. The smallest absolute Gasteiger partial charge is 0.118 e. The molecule has 0 N–H and O–H groups in total. The van der Waals surface area contributed by atoms with Crippen LogP contribution in [0.2, 0.25) is 0 Å². The van der Waals surface area contributed by atoms with Crippen LogP contribution in [0.3, 0.4) is 0 Å². The van der Waals surface area contributed by atoms with Crippen molar-refractivity contribution in [1.82, 2.24) is 0 Å². The van der Waals surface area contributed by atoms with Crippen molar-refractivity contribution < 1.29 is 9.47 Å². The van der Waals surface area contributed by atoms with Gasteiger partial charge in [0.2, 0.25) is 0 Å². The molecule has 2 heteroatoms. The number of hydrogen-bond acceptors (Lipinski definition) is 2. The van der Waals surface area contributed by atoms with Gasteiger partial charge < -0.3 is 9.47 Å². The molecule has 18 heavy (non-hydrogen) atoms. The minimum Gasteiger partial charge on any atom is -0.497 e. The molecule has 2 atom stereocenters. The first kappa shape index (κ1) is 13.4. The Hall–Kier alpha value is -1.02. The Kier molecular flexibility index (Phi) is 4.65. The summed E-state index contributed by atoms with van der Waals surface area (Å²) in [5.41, 5.74) is 1.23. The molecule has 0 spiro atoms.